The highest BCUT2D eigenvalue weighted by Gasteiger charge is 2.21. The molecule has 3 rings (SSSR count). The molecule has 5 nitrogen and oxygen atoms in total. The van der Waals surface area contributed by atoms with Crippen LogP contribution in [0.1, 0.15) is 0 Å². The first kappa shape index (κ1) is 18.3. The van der Waals surface area contributed by atoms with Crippen molar-refractivity contribution < 1.29 is 13.9 Å². The molecule has 138 valence electrons. The number of halogens is 1. The molecule has 1 aliphatic rings. The third kappa shape index (κ3) is 4.16. The maximum absolute atomic E-state index is 13.9. The quantitative estimate of drug-likeness (QED) is 0.826. The van der Waals surface area contributed by atoms with Crippen LogP contribution in [0.5, 0.6) is 11.5 Å². The number of rotatable bonds is 4. The summed E-state index contributed by atoms with van der Waals surface area (Å²) in [5, 5.41) is 3.86. The van der Waals surface area contributed by atoms with E-state index in [-0.39, 0.29) is 5.82 Å². The summed E-state index contributed by atoms with van der Waals surface area (Å²) >= 11 is 5.54. The minimum absolute atomic E-state index is 0.190. The Balaban J connectivity index is 1.61. The Morgan fingerprint density at radius 1 is 1.00 bits per heavy atom. The lowest BCUT2D eigenvalue weighted by atomic mass is 10.2. The molecule has 2 aromatic rings. The van der Waals surface area contributed by atoms with Crippen molar-refractivity contribution >= 4 is 28.7 Å². The van der Waals surface area contributed by atoms with Gasteiger partial charge in [-0.2, -0.15) is 0 Å². The molecule has 0 atom stereocenters. The van der Waals surface area contributed by atoms with Crippen LogP contribution >= 0.6 is 12.2 Å². The number of benzene rings is 2. The van der Waals surface area contributed by atoms with Gasteiger partial charge < -0.3 is 24.6 Å². The van der Waals surface area contributed by atoms with Gasteiger partial charge in [-0.05, 0) is 24.4 Å². The fraction of sp³-hybridized carbons (Fsp3) is 0.316. The Morgan fingerprint density at radius 3 is 2.19 bits per heavy atom. The Hall–Kier alpha value is -2.54. The second-order valence-corrected chi connectivity index (χ2v) is 6.34. The van der Waals surface area contributed by atoms with Gasteiger partial charge in [0.2, 0.25) is 0 Å². The van der Waals surface area contributed by atoms with Crippen LogP contribution in [0, 0.1) is 5.82 Å². The zero-order valence-electron chi connectivity index (χ0n) is 14.9. The van der Waals surface area contributed by atoms with Crippen molar-refractivity contribution in [3.63, 3.8) is 0 Å². The summed E-state index contributed by atoms with van der Waals surface area (Å²) < 4.78 is 24.5. The normalized spacial score (nSPS) is 14.1. The van der Waals surface area contributed by atoms with Crippen LogP contribution in [-0.4, -0.2) is 50.4 Å². The predicted octanol–water partition coefficient (Wildman–Crippen LogP) is 3.36. The number of methoxy groups -OCH3 is 2. The van der Waals surface area contributed by atoms with Gasteiger partial charge in [-0.1, -0.05) is 12.1 Å². The van der Waals surface area contributed by atoms with Gasteiger partial charge in [-0.3, -0.25) is 0 Å². The van der Waals surface area contributed by atoms with Gasteiger partial charge in [0.1, 0.15) is 17.3 Å². The second-order valence-electron chi connectivity index (χ2n) is 5.96. The summed E-state index contributed by atoms with van der Waals surface area (Å²) in [6, 6.07) is 12.4. The zero-order chi connectivity index (χ0) is 18.5. The van der Waals surface area contributed by atoms with Crippen LogP contribution in [0.3, 0.4) is 0 Å². The van der Waals surface area contributed by atoms with Gasteiger partial charge >= 0.3 is 0 Å². The van der Waals surface area contributed by atoms with E-state index in [1.54, 1.807) is 26.4 Å². The van der Waals surface area contributed by atoms with Crippen molar-refractivity contribution in [3.8, 4) is 11.5 Å². The minimum atomic E-state index is -0.190. The lowest BCUT2D eigenvalue weighted by Crippen LogP contribution is -2.50. The summed E-state index contributed by atoms with van der Waals surface area (Å²) in [6.07, 6.45) is 0. The molecular weight excluding hydrogens is 353 g/mol. The van der Waals surface area contributed by atoms with E-state index in [1.165, 1.54) is 6.07 Å². The van der Waals surface area contributed by atoms with Crippen molar-refractivity contribution in [2.45, 2.75) is 0 Å². The second kappa shape index (κ2) is 8.23. The molecular formula is C19H22FN3O2S. The Labute approximate surface area is 158 Å². The molecule has 1 fully saturated rings. The molecule has 0 radical (unpaired) electrons. The first-order valence-corrected chi connectivity index (χ1v) is 8.80. The SMILES string of the molecule is COc1cc(NC(=S)N2CCN(c3ccccc3F)CC2)cc(OC)c1. The van der Waals surface area contributed by atoms with Crippen molar-refractivity contribution in [2.24, 2.45) is 0 Å². The van der Waals surface area contributed by atoms with Crippen molar-refractivity contribution in [1.82, 2.24) is 4.90 Å². The van der Waals surface area contributed by atoms with Gasteiger partial charge in [0.05, 0.1) is 19.9 Å². The monoisotopic (exact) mass is 375 g/mol. The topological polar surface area (TPSA) is 37.0 Å². The molecule has 1 heterocycles. The molecule has 0 unspecified atom stereocenters. The van der Waals surface area contributed by atoms with Gasteiger partial charge in [0.25, 0.3) is 0 Å². The summed E-state index contributed by atoms with van der Waals surface area (Å²) in [6.45, 7) is 2.87. The molecule has 1 N–H and O–H groups in total. The van der Waals surface area contributed by atoms with E-state index in [4.69, 9.17) is 21.7 Å². The number of hydrogen-bond donors (Lipinski definition) is 1. The maximum atomic E-state index is 13.9. The Morgan fingerprint density at radius 2 is 1.62 bits per heavy atom. The summed E-state index contributed by atoms with van der Waals surface area (Å²) in [5.74, 6) is 1.20. The third-order valence-corrected chi connectivity index (χ3v) is 4.72. The highest BCUT2D eigenvalue weighted by atomic mass is 32.1. The van der Waals surface area contributed by atoms with E-state index < -0.39 is 0 Å². The highest BCUT2D eigenvalue weighted by molar-refractivity contribution is 7.80. The lowest BCUT2D eigenvalue weighted by Gasteiger charge is -2.37. The number of thiocarbonyl (C=S) groups is 1. The van der Waals surface area contributed by atoms with Gasteiger partial charge in [0.15, 0.2) is 5.11 Å². The van der Waals surface area contributed by atoms with Gasteiger partial charge in [-0.15, -0.1) is 0 Å². The first-order valence-electron chi connectivity index (χ1n) is 8.39. The Kier molecular flexibility index (Phi) is 5.78. The first-order chi connectivity index (χ1) is 12.6. The third-order valence-electron chi connectivity index (χ3n) is 4.36. The molecule has 26 heavy (non-hydrogen) atoms. The van der Waals surface area contributed by atoms with E-state index in [0.717, 1.165) is 18.8 Å². The average Bonchev–Trinajstić information content (AvgIpc) is 2.68. The van der Waals surface area contributed by atoms with E-state index in [0.29, 0.717) is 35.4 Å². The molecule has 7 heteroatoms. The number of ether oxygens (including phenoxy) is 2. The molecule has 1 aliphatic heterocycles. The minimum Gasteiger partial charge on any atom is -0.497 e. The molecule has 1 saturated heterocycles. The van der Waals surface area contributed by atoms with Gasteiger partial charge in [-0.25, -0.2) is 4.39 Å². The molecule has 0 amide bonds. The summed E-state index contributed by atoms with van der Waals surface area (Å²) in [5.41, 5.74) is 1.45. The summed E-state index contributed by atoms with van der Waals surface area (Å²) in [7, 11) is 3.22. The maximum Gasteiger partial charge on any atom is 0.173 e. The fourth-order valence-electron chi connectivity index (χ4n) is 2.94. The molecule has 0 spiro atoms. The largest absolute Gasteiger partial charge is 0.497 e. The number of anilines is 2. The molecule has 0 aromatic heterocycles. The summed E-state index contributed by atoms with van der Waals surface area (Å²) in [4.78, 5) is 4.13. The average molecular weight is 375 g/mol. The Bertz CT molecular complexity index is 757. The lowest BCUT2D eigenvalue weighted by molar-refractivity contribution is 0.388. The van der Waals surface area contributed by atoms with Crippen LogP contribution in [-0.2, 0) is 0 Å². The van der Waals surface area contributed by atoms with Crippen LogP contribution in [0.15, 0.2) is 42.5 Å². The standard InChI is InChI=1S/C19H22FN3O2S/c1-24-15-11-14(12-16(13-15)25-2)21-19(26)23-9-7-22(8-10-23)18-6-4-3-5-17(18)20/h3-6,11-13H,7-10H2,1-2H3,(H,21,26). The van der Waals surface area contributed by atoms with Crippen molar-refractivity contribution in [1.29, 1.82) is 0 Å². The molecule has 0 saturated carbocycles. The smallest absolute Gasteiger partial charge is 0.173 e. The van der Waals surface area contributed by atoms with E-state index >= 15 is 0 Å². The number of para-hydroxylation sites is 1. The van der Waals surface area contributed by atoms with Gasteiger partial charge in [0, 0.05) is 50.1 Å². The van der Waals surface area contributed by atoms with E-state index in [2.05, 4.69) is 10.2 Å². The van der Waals surface area contributed by atoms with E-state index in [1.807, 2.05) is 29.2 Å². The van der Waals surface area contributed by atoms with Crippen LogP contribution in [0.25, 0.3) is 0 Å². The highest BCUT2D eigenvalue weighted by Crippen LogP contribution is 2.26. The van der Waals surface area contributed by atoms with Crippen molar-refractivity contribution in [3.05, 3.63) is 48.3 Å². The number of nitrogens with one attached hydrogen (secondary N) is 1. The van der Waals surface area contributed by atoms with Crippen LogP contribution in [0.2, 0.25) is 0 Å². The van der Waals surface area contributed by atoms with Crippen LogP contribution in [0.4, 0.5) is 15.8 Å². The molecule has 0 aliphatic carbocycles. The number of nitrogens with zero attached hydrogens (tertiary/aromatic N) is 2. The molecule has 2 aromatic carbocycles. The fourth-order valence-corrected chi connectivity index (χ4v) is 3.24. The van der Waals surface area contributed by atoms with E-state index in [9.17, 15) is 4.39 Å². The number of piperazine rings is 1. The number of hydrogen-bond acceptors (Lipinski definition) is 4. The molecule has 0 bridgehead atoms. The van der Waals surface area contributed by atoms with Crippen LogP contribution < -0.4 is 19.7 Å². The van der Waals surface area contributed by atoms with Crippen molar-refractivity contribution in [2.75, 3.05) is 50.6 Å². The predicted molar refractivity (Wildman–Crippen MR) is 106 cm³/mol. The zero-order valence-corrected chi connectivity index (χ0v) is 15.7.